The first-order valence-electron chi connectivity index (χ1n) is 5.07. The first-order valence-corrected chi connectivity index (χ1v) is 7.24. The number of hydrogen-bond acceptors (Lipinski definition) is 4. The van der Waals surface area contributed by atoms with Gasteiger partial charge >= 0.3 is 0 Å². The van der Waals surface area contributed by atoms with Gasteiger partial charge < -0.3 is 11.1 Å². The lowest BCUT2D eigenvalue weighted by atomic mass is 10.1. The third-order valence-electron chi connectivity index (χ3n) is 2.25. The predicted molar refractivity (Wildman–Crippen MR) is 81.3 cm³/mol. The Bertz CT molecular complexity index is 606. The second-order valence-corrected chi connectivity index (χ2v) is 5.51. The minimum Gasteiger partial charge on any atom is -0.396 e. The van der Waals surface area contributed by atoms with Crippen LogP contribution in [0.15, 0.2) is 17.5 Å². The Hall–Kier alpha value is -1.01. The molecule has 3 N–H and O–H groups in total. The molecule has 0 atom stereocenters. The molecule has 1 aromatic heterocycles. The molecule has 0 aliphatic carbocycles. The van der Waals surface area contributed by atoms with Crippen LogP contribution in [-0.2, 0) is 4.79 Å². The molecule has 4 nitrogen and oxygen atoms in total. The topological polar surface area (TPSA) is 68.0 Å². The highest BCUT2D eigenvalue weighted by Gasteiger charge is 2.10. The number of carbonyl (C=O) groups is 1. The number of hydrogen-bond donors (Lipinski definition) is 2. The molecule has 8 heteroatoms. The number of nitrogens with two attached hydrogens (primary N) is 1. The number of halogens is 3. The normalized spacial score (nSPS) is 10.5. The fraction of sp³-hybridized carbons (Fsp3) is 0.0909. The zero-order chi connectivity index (χ0) is 14.0. The van der Waals surface area contributed by atoms with Crippen molar-refractivity contribution in [1.29, 1.82) is 0 Å². The molecule has 0 aliphatic heterocycles. The van der Waals surface area contributed by atoms with Crippen molar-refractivity contribution in [3.63, 3.8) is 0 Å². The van der Waals surface area contributed by atoms with E-state index in [0.29, 0.717) is 26.6 Å². The van der Waals surface area contributed by atoms with Crippen LogP contribution in [0.25, 0.3) is 11.3 Å². The molecule has 0 saturated heterocycles. The van der Waals surface area contributed by atoms with Crippen molar-refractivity contribution in [2.45, 2.75) is 0 Å². The molecule has 0 radical (unpaired) electrons. The Morgan fingerprint density at radius 2 is 2.00 bits per heavy atom. The summed E-state index contributed by atoms with van der Waals surface area (Å²) in [7, 11) is 0. The summed E-state index contributed by atoms with van der Waals surface area (Å²) >= 11 is 18.6. The van der Waals surface area contributed by atoms with Gasteiger partial charge in [0.05, 0.1) is 21.4 Å². The van der Waals surface area contributed by atoms with Gasteiger partial charge in [-0.25, -0.2) is 4.98 Å². The van der Waals surface area contributed by atoms with Crippen molar-refractivity contribution in [2.75, 3.05) is 16.9 Å². The van der Waals surface area contributed by atoms with Crippen LogP contribution in [0, 0.1) is 0 Å². The third-order valence-corrected chi connectivity index (χ3v) is 3.87. The van der Waals surface area contributed by atoms with Gasteiger partial charge in [0.25, 0.3) is 0 Å². The average Bonchev–Trinajstić information content (AvgIpc) is 2.83. The van der Waals surface area contributed by atoms with E-state index in [1.54, 1.807) is 17.5 Å². The summed E-state index contributed by atoms with van der Waals surface area (Å²) in [6.45, 7) is 0. The van der Waals surface area contributed by atoms with Crippen LogP contribution in [0.5, 0.6) is 0 Å². The van der Waals surface area contributed by atoms with Crippen LogP contribution >= 0.6 is 46.1 Å². The molecule has 2 aromatic rings. The molecule has 19 heavy (non-hydrogen) atoms. The summed E-state index contributed by atoms with van der Waals surface area (Å²) < 4.78 is 0. The second kappa shape index (κ2) is 5.96. The summed E-state index contributed by atoms with van der Waals surface area (Å²) in [5.74, 6) is -0.426. The number of amides is 1. The Morgan fingerprint density at radius 3 is 2.58 bits per heavy atom. The highest BCUT2D eigenvalue weighted by molar-refractivity contribution is 7.14. The van der Waals surface area contributed by atoms with Crippen molar-refractivity contribution in [1.82, 2.24) is 4.98 Å². The van der Waals surface area contributed by atoms with E-state index < -0.39 is 0 Å². The highest BCUT2D eigenvalue weighted by atomic mass is 35.5. The predicted octanol–water partition coefficient (Wildman–Crippen LogP) is 3.88. The molecule has 0 fully saturated rings. The smallest absolute Gasteiger partial charge is 0.241 e. The summed E-state index contributed by atoms with van der Waals surface area (Å²) in [5, 5.41) is 5.54. The van der Waals surface area contributed by atoms with E-state index in [1.807, 2.05) is 0 Å². The van der Waals surface area contributed by atoms with Crippen LogP contribution in [-0.4, -0.2) is 16.8 Å². The molecule has 1 amide bonds. The SMILES string of the molecule is Nc1c(Cl)cc(-c2csc(NC(=O)CCl)n2)cc1Cl. The molecule has 0 aliphatic rings. The van der Waals surface area contributed by atoms with Gasteiger partial charge in [0, 0.05) is 10.9 Å². The van der Waals surface area contributed by atoms with Crippen molar-refractivity contribution in [3.05, 3.63) is 27.6 Å². The Kier molecular flexibility index (Phi) is 4.52. The van der Waals surface area contributed by atoms with Gasteiger partial charge in [0.15, 0.2) is 5.13 Å². The lowest BCUT2D eigenvalue weighted by Gasteiger charge is -2.04. The molecule has 1 heterocycles. The molecule has 2 rings (SSSR count). The van der Waals surface area contributed by atoms with E-state index in [4.69, 9.17) is 40.5 Å². The third kappa shape index (κ3) is 3.30. The fourth-order valence-electron chi connectivity index (χ4n) is 1.35. The van der Waals surface area contributed by atoms with Gasteiger partial charge in [-0.2, -0.15) is 0 Å². The maximum Gasteiger partial charge on any atom is 0.241 e. The number of carbonyl (C=O) groups excluding carboxylic acids is 1. The zero-order valence-electron chi connectivity index (χ0n) is 9.41. The minimum atomic E-state index is -0.309. The van der Waals surface area contributed by atoms with Crippen molar-refractivity contribution >= 4 is 62.9 Å². The monoisotopic (exact) mass is 335 g/mol. The summed E-state index contributed by atoms with van der Waals surface area (Å²) in [6.07, 6.45) is 0. The van der Waals surface area contributed by atoms with Crippen LogP contribution in [0.4, 0.5) is 10.8 Å². The number of rotatable bonds is 3. The summed E-state index contributed by atoms with van der Waals surface area (Å²) in [5.41, 5.74) is 7.38. The number of thiazole rings is 1. The quantitative estimate of drug-likeness (QED) is 0.660. The van der Waals surface area contributed by atoms with E-state index in [0.717, 1.165) is 5.56 Å². The van der Waals surface area contributed by atoms with E-state index >= 15 is 0 Å². The molecule has 100 valence electrons. The van der Waals surface area contributed by atoms with E-state index in [9.17, 15) is 4.79 Å². The zero-order valence-corrected chi connectivity index (χ0v) is 12.5. The molecular weight excluding hydrogens is 329 g/mol. The standard InChI is InChI=1S/C11H8Cl3N3OS/c12-3-9(18)17-11-16-8(4-19-11)5-1-6(13)10(15)7(14)2-5/h1-2,4H,3,15H2,(H,16,17,18). The molecule has 0 saturated carbocycles. The van der Waals surface area contributed by atoms with Gasteiger partial charge in [0.2, 0.25) is 5.91 Å². The fourth-order valence-corrected chi connectivity index (χ4v) is 2.64. The van der Waals surface area contributed by atoms with Gasteiger partial charge in [-0.1, -0.05) is 23.2 Å². The van der Waals surface area contributed by atoms with E-state index in [2.05, 4.69) is 10.3 Å². The second-order valence-electron chi connectivity index (χ2n) is 3.57. The maximum atomic E-state index is 11.1. The van der Waals surface area contributed by atoms with Crippen molar-refractivity contribution in [2.24, 2.45) is 0 Å². The first kappa shape index (κ1) is 14.4. The van der Waals surface area contributed by atoms with E-state index in [-0.39, 0.29) is 11.8 Å². The number of alkyl halides is 1. The molecule has 1 aromatic carbocycles. The number of nitrogens with one attached hydrogen (secondary N) is 1. The summed E-state index contributed by atoms with van der Waals surface area (Å²) in [6, 6.07) is 3.34. The van der Waals surface area contributed by atoms with Gasteiger partial charge in [-0.3, -0.25) is 4.79 Å². The van der Waals surface area contributed by atoms with Gasteiger partial charge in [-0.05, 0) is 12.1 Å². The Labute approximate surface area is 128 Å². The molecule has 0 spiro atoms. The van der Waals surface area contributed by atoms with Crippen LogP contribution in [0.2, 0.25) is 10.0 Å². The Morgan fingerprint density at radius 1 is 1.37 bits per heavy atom. The molecule has 0 bridgehead atoms. The highest BCUT2D eigenvalue weighted by Crippen LogP contribution is 2.34. The average molecular weight is 337 g/mol. The number of nitrogens with zero attached hydrogens (tertiary/aromatic N) is 1. The Balaban J connectivity index is 2.30. The number of anilines is 2. The lowest BCUT2D eigenvalue weighted by molar-refractivity contribution is -0.113. The number of benzene rings is 1. The number of nitrogen functional groups attached to an aromatic ring is 1. The summed E-state index contributed by atoms with van der Waals surface area (Å²) in [4.78, 5) is 15.4. The maximum absolute atomic E-state index is 11.1. The number of aromatic nitrogens is 1. The largest absolute Gasteiger partial charge is 0.396 e. The van der Waals surface area contributed by atoms with Crippen LogP contribution < -0.4 is 11.1 Å². The van der Waals surface area contributed by atoms with Crippen molar-refractivity contribution < 1.29 is 4.79 Å². The van der Waals surface area contributed by atoms with Gasteiger partial charge in [-0.15, -0.1) is 22.9 Å². The van der Waals surface area contributed by atoms with Crippen LogP contribution in [0.1, 0.15) is 0 Å². The lowest BCUT2D eigenvalue weighted by Crippen LogP contribution is -2.12. The van der Waals surface area contributed by atoms with Gasteiger partial charge in [0.1, 0.15) is 5.88 Å². The van der Waals surface area contributed by atoms with Crippen molar-refractivity contribution in [3.8, 4) is 11.3 Å². The molecule has 0 unspecified atom stereocenters. The van der Waals surface area contributed by atoms with E-state index in [1.165, 1.54) is 11.3 Å². The first-order chi connectivity index (χ1) is 9.01. The molecular formula is C11H8Cl3N3OS. The van der Waals surface area contributed by atoms with Crippen LogP contribution in [0.3, 0.4) is 0 Å². The minimum absolute atomic E-state index is 0.117.